The minimum Gasteiger partial charge on any atom is -0.313 e. The Hall–Kier alpha value is -0.930. The van der Waals surface area contributed by atoms with Crippen molar-refractivity contribution in [3.63, 3.8) is 0 Å². The van der Waals surface area contributed by atoms with Crippen LogP contribution in [0.3, 0.4) is 0 Å². The van der Waals surface area contributed by atoms with E-state index in [1.807, 2.05) is 19.2 Å². The number of benzene rings is 1. The van der Waals surface area contributed by atoms with E-state index in [2.05, 4.69) is 38.0 Å². The molecular formula is C17H29FN2. The largest absolute Gasteiger partial charge is 0.313 e. The van der Waals surface area contributed by atoms with Crippen molar-refractivity contribution in [2.75, 3.05) is 27.2 Å². The highest BCUT2D eigenvalue weighted by molar-refractivity contribution is 5.25. The third kappa shape index (κ3) is 5.59. The van der Waals surface area contributed by atoms with E-state index in [9.17, 15) is 4.39 Å². The zero-order chi connectivity index (χ0) is 15.3. The van der Waals surface area contributed by atoms with Gasteiger partial charge in [-0.15, -0.1) is 0 Å². The van der Waals surface area contributed by atoms with Gasteiger partial charge in [-0.2, -0.15) is 0 Å². The molecule has 2 nitrogen and oxygen atoms in total. The first-order chi connectivity index (χ1) is 9.23. The first-order valence-corrected chi connectivity index (χ1v) is 7.35. The van der Waals surface area contributed by atoms with Gasteiger partial charge in [0.2, 0.25) is 0 Å². The van der Waals surface area contributed by atoms with Gasteiger partial charge < -0.3 is 10.2 Å². The van der Waals surface area contributed by atoms with Gasteiger partial charge in [0, 0.05) is 12.6 Å². The minimum atomic E-state index is -0.120. The van der Waals surface area contributed by atoms with Crippen molar-refractivity contribution in [2.45, 2.75) is 40.2 Å². The van der Waals surface area contributed by atoms with Crippen LogP contribution in [0.2, 0.25) is 0 Å². The third-order valence-corrected chi connectivity index (χ3v) is 3.49. The molecule has 0 bridgehead atoms. The lowest BCUT2D eigenvalue weighted by Gasteiger charge is -2.28. The lowest BCUT2D eigenvalue weighted by Crippen LogP contribution is -2.32. The Morgan fingerprint density at radius 3 is 2.45 bits per heavy atom. The summed E-state index contributed by atoms with van der Waals surface area (Å²) < 4.78 is 13.7. The molecule has 0 aliphatic carbocycles. The molecule has 1 aromatic rings. The average Bonchev–Trinajstić information content (AvgIpc) is 2.32. The zero-order valence-electron chi connectivity index (χ0n) is 13.8. The number of nitrogens with zero attached hydrogens (tertiary/aromatic N) is 1. The molecule has 3 heteroatoms. The molecule has 0 heterocycles. The van der Waals surface area contributed by atoms with Crippen LogP contribution in [0, 0.1) is 18.2 Å². The summed E-state index contributed by atoms with van der Waals surface area (Å²) in [6.45, 7) is 10.6. The van der Waals surface area contributed by atoms with E-state index >= 15 is 0 Å². The van der Waals surface area contributed by atoms with Gasteiger partial charge in [0.1, 0.15) is 5.82 Å². The summed E-state index contributed by atoms with van der Waals surface area (Å²) in [5.74, 6) is -0.120. The first-order valence-electron chi connectivity index (χ1n) is 7.35. The second-order valence-corrected chi connectivity index (χ2v) is 6.94. The molecule has 0 aromatic heterocycles. The monoisotopic (exact) mass is 280 g/mol. The van der Waals surface area contributed by atoms with Crippen LogP contribution in [0.4, 0.5) is 4.39 Å². The van der Waals surface area contributed by atoms with E-state index in [0.29, 0.717) is 11.0 Å². The van der Waals surface area contributed by atoms with Gasteiger partial charge in [-0.1, -0.05) is 32.9 Å². The molecule has 1 rings (SSSR count). The zero-order valence-corrected chi connectivity index (χ0v) is 13.8. The SMILES string of the molecule is CNC(CCN(C)CC(C)(C)C)c1ccc(C)c(F)c1. The van der Waals surface area contributed by atoms with Crippen LogP contribution in [0.15, 0.2) is 18.2 Å². The molecule has 1 atom stereocenters. The van der Waals surface area contributed by atoms with E-state index in [1.54, 1.807) is 13.0 Å². The van der Waals surface area contributed by atoms with Crippen molar-refractivity contribution in [3.05, 3.63) is 35.1 Å². The van der Waals surface area contributed by atoms with Crippen molar-refractivity contribution in [1.29, 1.82) is 0 Å². The number of rotatable bonds is 6. The normalized spacial score (nSPS) is 13.8. The molecular weight excluding hydrogens is 251 g/mol. The Morgan fingerprint density at radius 2 is 1.95 bits per heavy atom. The van der Waals surface area contributed by atoms with Gasteiger partial charge in [-0.3, -0.25) is 0 Å². The van der Waals surface area contributed by atoms with E-state index in [-0.39, 0.29) is 11.9 Å². The predicted octanol–water partition coefficient (Wildman–Crippen LogP) is 3.76. The Balaban J connectivity index is 2.61. The Morgan fingerprint density at radius 1 is 1.30 bits per heavy atom. The quantitative estimate of drug-likeness (QED) is 0.853. The van der Waals surface area contributed by atoms with Crippen molar-refractivity contribution in [1.82, 2.24) is 10.2 Å². The maximum absolute atomic E-state index is 13.7. The predicted molar refractivity (Wildman–Crippen MR) is 84.5 cm³/mol. The van der Waals surface area contributed by atoms with Gasteiger partial charge >= 0.3 is 0 Å². The highest BCUT2D eigenvalue weighted by Gasteiger charge is 2.16. The third-order valence-electron chi connectivity index (χ3n) is 3.49. The standard InChI is InChI=1S/C17H29FN2/c1-13-7-8-14(11-15(13)18)16(19-5)9-10-20(6)12-17(2,3)4/h7-8,11,16,19H,9-10,12H2,1-6H3. The summed E-state index contributed by atoms with van der Waals surface area (Å²) in [7, 11) is 4.08. The molecule has 114 valence electrons. The fraction of sp³-hybridized carbons (Fsp3) is 0.647. The summed E-state index contributed by atoms with van der Waals surface area (Å²) in [5.41, 5.74) is 2.04. The van der Waals surface area contributed by atoms with E-state index in [1.165, 1.54) is 0 Å². The second-order valence-electron chi connectivity index (χ2n) is 6.94. The molecule has 1 N–H and O–H groups in total. The topological polar surface area (TPSA) is 15.3 Å². The fourth-order valence-corrected chi connectivity index (χ4v) is 2.54. The summed E-state index contributed by atoms with van der Waals surface area (Å²) in [5, 5.41) is 3.29. The highest BCUT2D eigenvalue weighted by Crippen LogP contribution is 2.20. The van der Waals surface area contributed by atoms with Crippen molar-refractivity contribution < 1.29 is 4.39 Å². The van der Waals surface area contributed by atoms with E-state index < -0.39 is 0 Å². The molecule has 0 spiro atoms. The molecule has 0 saturated carbocycles. The van der Waals surface area contributed by atoms with Gasteiger partial charge in [-0.05, 0) is 56.6 Å². The number of nitrogens with one attached hydrogen (secondary N) is 1. The van der Waals surface area contributed by atoms with Gasteiger partial charge in [0.15, 0.2) is 0 Å². The second kappa shape index (κ2) is 7.19. The van der Waals surface area contributed by atoms with Crippen LogP contribution in [-0.2, 0) is 0 Å². The lowest BCUT2D eigenvalue weighted by molar-refractivity contribution is 0.218. The lowest BCUT2D eigenvalue weighted by atomic mass is 9.96. The van der Waals surface area contributed by atoms with Crippen LogP contribution in [0.5, 0.6) is 0 Å². The van der Waals surface area contributed by atoms with Gasteiger partial charge in [0.05, 0.1) is 0 Å². The molecule has 1 aromatic carbocycles. The Labute approximate surface area is 123 Å². The maximum Gasteiger partial charge on any atom is 0.126 e. The summed E-state index contributed by atoms with van der Waals surface area (Å²) in [6, 6.07) is 5.73. The number of hydrogen-bond donors (Lipinski definition) is 1. The fourth-order valence-electron chi connectivity index (χ4n) is 2.54. The molecule has 0 amide bonds. The minimum absolute atomic E-state index is 0.120. The summed E-state index contributed by atoms with van der Waals surface area (Å²) in [4.78, 5) is 2.34. The molecule has 20 heavy (non-hydrogen) atoms. The summed E-state index contributed by atoms with van der Waals surface area (Å²) in [6.07, 6.45) is 0.978. The van der Waals surface area contributed by atoms with Gasteiger partial charge in [0.25, 0.3) is 0 Å². The molecule has 1 unspecified atom stereocenters. The smallest absolute Gasteiger partial charge is 0.126 e. The molecule has 0 fully saturated rings. The van der Waals surface area contributed by atoms with Crippen LogP contribution < -0.4 is 5.32 Å². The highest BCUT2D eigenvalue weighted by atomic mass is 19.1. The number of halogens is 1. The van der Waals surface area contributed by atoms with Crippen LogP contribution >= 0.6 is 0 Å². The Bertz CT molecular complexity index is 423. The van der Waals surface area contributed by atoms with Crippen molar-refractivity contribution in [2.24, 2.45) is 5.41 Å². The van der Waals surface area contributed by atoms with Crippen LogP contribution in [-0.4, -0.2) is 32.1 Å². The van der Waals surface area contributed by atoms with E-state index in [4.69, 9.17) is 0 Å². The number of hydrogen-bond acceptors (Lipinski definition) is 2. The molecule has 0 aliphatic heterocycles. The Kier molecular flexibility index (Phi) is 6.15. The summed E-state index contributed by atoms with van der Waals surface area (Å²) >= 11 is 0. The molecule has 0 radical (unpaired) electrons. The van der Waals surface area contributed by atoms with Crippen LogP contribution in [0.1, 0.15) is 44.4 Å². The number of aryl methyl sites for hydroxylation is 1. The van der Waals surface area contributed by atoms with Crippen LogP contribution in [0.25, 0.3) is 0 Å². The average molecular weight is 280 g/mol. The van der Waals surface area contributed by atoms with E-state index in [0.717, 1.165) is 25.1 Å². The molecule has 0 aliphatic rings. The molecule has 0 saturated heterocycles. The van der Waals surface area contributed by atoms with Gasteiger partial charge in [-0.25, -0.2) is 4.39 Å². The van der Waals surface area contributed by atoms with Crippen molar-refractivity contribution >= 4 is 0 Å². The maximum atomic E-state index is 13.7. The van der Waals surface area contributed by atoms with Crippen molar-refractivity contribution in [3.8, 4) is 0 Å². The first kappa shape index (κ1) is 17.1.